The first kappa shape index (κ1) is 16.4. The van der Waals surface area contributed by atoms with Gasteiger partial charge in [0.15, 0.2) is 0 Å². The molecule has 0 bridgehead atoms. The molecule has 0 saturated carbocycles. The molecular formula is C18H20FN3O2. The van der Waals surface area contributed by atoms with Crippen LogP contribution in [0.15, 0.2) is 41.5 Å². The standard InChI is InChI=1S/C18H20FN3O2/c1-13-6-8-21(9-7-13)18(24)11-22-12-20-16(10-17(22)23)14-4-2-3-5-15(14)19/h2-5,10,12-13H,6-9,11H2,1H3. The highest BCUT2D eigenvalue weighted by molar-refractivity contribution is 5.76. The van der Waals surface area contributed by atoms with Crippen LogP contribution in [0, 0.1) is 11.7 Å². The van der Waals surface area contributed by atoms with Gasteiger partial charge in [0.25, 0.3) is 5.56 Å². The molecule has 0 atom stereocenters. The average Bonchev–Trinajstić information content (AvgIpc) is 2.58. The quantitative estimate of drug-likeness (QED) is 0.868. The smallest absolute Gasteiger partial charge is 0.254 e. The molecule has 126 valence electrons. The normalized spacial score (nSPS) is 15.5. The number of amides is 1. The van der Waals surface area contributed by atoms with Crippen molar-refractivity contribution in [3.8, 4) is 11.3 Å². The zero-order chi connectivity index (χ0) is 17.1. The van der Waals surface area contributed by atoms with Crippen molar-refractivity contribution < 1.29 is 9.18 Å². The molecule has 3 rings (SSSR count). The zero-order valence-corrected chi connectivity index (χ0v) is 13.6. The van der Waals surface area contributed by atoms with E-state index in [1.54, 1.807) is 23.1 Å². The number of piperidine rings is 1. The number of aromatic nitrogens is 2. The predicted octanol–water partition coefficient (Wildman–Crippen LogP) is 2.31. The summed E-state index contributed by atoms with van der Waals surface area (Å²) >= 11 is 0. The van der Waals surface area contributed by atoms with Gasteiger partial charge in [-0.3, -0.25) is 14.2 Å². The van der Waals surface area contributed by atoms with Gasteiger partial charge in [0, 0.05) is 24.7 Å². The lowest BCUT2D eigenvalue weighted by Crippen LogP contribution is -2.41. The van der Waals surface area contributed by atoms with Gasteiger partial charge >= 0.3 is 0 Å². The molecule has 1 fully saturated rings. The van der Waals surface area contributed by atoms with Crippen molar-refractivity contribution in [3.63, 3.8) is 0 Å². The maximum atomic E-state index is 13.8. The summed E-state index contributed by atoms with van der Waals surface area (Å²) in [6, 6.07) is 7.43. The van der Waals surface area contributed by atoms with E-state index in [4.69, 9.17) is 0 Å². The summed E-state index contributed by atoms with van der Waals surface area (Å²) in [4.78, 5) is 30.5. The minimum atomic E-state index is -0.430. The second-order valence-electron chi connectivity index (χ2n) is 6.28. The molecular weight excluding hydrogens is 309 g/mol. The van der Waals surface area contributed by atoms with E-state index in [0.29, 0.717) is 5.92 Å². The van der Waals surface area contributed by atoms with Crippen molar-refractivity contribution in [3.05, 3.63) is 52.8 Å². The Bertz CT molecular complexity index is 795. The van der Waals surface area contributed by atoms with Crippen LogP contribution in [-0.2, 0) is 11.3 Å². The lowest BCUT2D eigenvalue weighted by molar-refractivity contribution is -0.133. The van der Waals surface area contributed by atoms with Crippen LogP contribution in [0.25, 0.3) is 11.3 Å². The van der Waals surface area contributed by atoms with Crippen molar-refractivity contribution in [1.82, 2.24) is 14.5 Å². The van der Waals surface area contributed by atoms with Gasteiger partial charge in [-0.15, -0.1) is 0 Å². The van der Waals surface area contributed by atoms with Gasteiger partial charge in [-0.1, -0.05) is 19.1 Å². The molecule has 2 heterocycles. The molecule has 1 saturated heterocycles. The van der Waals surface area contributed by atoms with Crippen LogP contribution in [-0.4, -0.2) is 33.4 Å². The van der Waals surface area contributed by atoms with Gasteiger partial charge < -0.3 is 4.90 Å². The number of carbonyl (C=O) groups is 1. The van der Waals surface area contributed by atoms with Gasteiger partial charge in [0.1, 0.15) is 12.4 Å². The number of likely N-dealkylation sites (tertiary alicyclic amines) is 1. The minimum absolute atomic E-state index is 0.0300. The number of nitrogens with zero attached hydrogens (tertiary/aromatic N) is 3. The second-order valence-corrected chi connectivity index (χ2v) is 6.28. The lowest BCUT2D eigenvalue weighted by atomic mass is 9.99. The molecule has 0 aliphatic carbocycles. The van der Waals surface area contributed by atoms with E-state index in [1.165, 1.54) is 23.0 Å². The highest BCUT2D eigenvalue weighted by Gasteiger charge is 2.20. The Hall–Kier alpha value is -2.50. The third-order valence-electron chi connectivity index (χ3n) is 4.47. The van der Waals surface area contributed by atoms with Gasteiger partial charge in [0.05, 0.1) is 12.0 Å². The molecule has 1 amide bonds. The third-order valence-corrected chi connectivity index (χ3v) is 4.47. The molecule has 1 aliphatic heterocycles. The van der Waals surface area contributed by atoms with Crippen molar-refractivity contribution in [1.29, 1.82) is 0 Å². The summed E-state index contributed by atoms with van der Waals surface area (Å²) in [6.45, 7) is 3.61. The Morgan fingerprint density at radius 1 is 1.29 bits per heavy atom. The fourth-order valence-electron chi connectivity index (χ4n) is 2.86. The molecule has 5 nitrogen and oxygen atoms in total. The Morgan fingerprint density at radius 3 is 2.67 bits per heavy atom. The summed E-state index contributed by atoms with van der Waals surface area (Å²) in [7, 11) is 0. The van der Waals surface area contributed by atoms with Crippen LogP contribution in [0.2, 0.25) is 0 Å². The maximum Gasteiger partial charge on any atom is 0.254 e. The van der Waals surface area contributed by atoms with Crippen LogP contribution in [0.3, 0.4) is 0 Å². The second kappa shape index (κ2) is 6.95. The van der Waals surface area contributed by atoms with Crippen molar-refractivity contribution >= 4 is 5.91 Å². The monoisotopic (exact) mass is 329 g/mol. The molecule has 1 aliphatic rings. The van der Waals surface area contributed by atoms with Crippen LogP contribution in [0.5, 0.6) is 0 Å². The summed E-state index contributed by atoms with van der Waals surface area (Å²) in [5, 5.41) is 0. The lowest BCUT2D eigenvalue weighted by Gasteiger charge is -2.30. The molecule has 24 heavy (non-hydrogen) atoms. The van der Waals surface area contributed by atoms with Gasteiger partial charge in [-0.2, -0.15) is 0 Å². The Morgan fingerprint density at radius 2 is 2.00 bits per heavy atom. The number of benzene rings is 1. The Labute approximate surface area is 139 Å². The minimum Gasteiger partial charge on any atom is -0.341 e. The SMILES string of the molecule is CC1CCN(C(=O)Cn2cnc(-c3ccccc3F)cc2=O)CC1. The molecule has 2 aromatic rings. The third kappa shape index (κ3) is 3.53. The predicted molar refractivity (Wildman–Crippen MR) is 88.9 cm³/mol. The fourth-order valence-corrected chi connectivity index (χ4v) is 2.86. The van der Waals surface area contributed by atoms with Gasteiger partial charge in [0.2, 0.25) is 5.91 Å². The number of hydrogen-bond donors (Lipinski definition) is 0. The van der Waals surface area contributed by atoms with Crippen LogP contribution < -0.4 is 5.56 Å². The van der Waals surface area contributed by atoms with Gasteiger partial charge in [-0.05, 0) is 30.9 Å². The topological polar surface area (TPSA) is 55.2 Å². The molecule has 0 spiro atoms. The largest absolute Gasteiger partial charge is 0.341 e. The molecule has 0 unspecified atom stereocenters. The molecule has 1 aromatic heterocycles. The highest BCUT2D eigenvalue weighted by Crippen LogP contribution is 2.19. The fraction of sp³-hybridized carbons (Fsp3) is 0.389. The van der Waals surface area contributed by atoms with Crippen LogP contribution in [0.1, 0.15) is 19.8 Å². The molecule has 1 aromatic carbocycles. The summed E-state index contributed by atoms with van der Waals surface area (Å²) < 4.78 is 15.1. The first-order valence-corrected chi connectivity index (χ1v) is 8.14. The molecule has 6 heteroatoms. The highest BCUT2D eigenvalue weighted by atomic mass is 19.1. The molecule has 0 radical (unpaired) electrons. The van der Waals surface area contributed by atoms with E-state index >= 15 is 0 Å². The summed E-state index contributed by atoms with van der Waals surface area (Å²) in [5.74, 6) is 0.128. The van der Waals surface area contributed by atoms with Crippen LogP contribution >= 0.6 is 0 Å². The summed E-state index contributed by atoms with van der Waals surface area (Å²) in [6.07, 6.45) is 3.30. The summed E-state index contributed by atoms with van der Waals surface area (Å²) in [5.41, 5.74) is 0.189. The average molecular weight is 329 g/mol. The first-order chi connectivity index (χ1) is 11.5. The van der Waals surface area contributed by atoms with Crippen LogP contribution in [0.4, 0.5) is 4.39 Å². The maximum absolute atomic E-state index is 13.8. The number of hydrogen-bond acceptors (Lipinski definition) is 3. The van der Waals surface area contributed by atoms with E-state index in [0.717, 1.165) is 25.9 Å². The van der Waals surface area contributed by atoms with E-state index in [9.17, 15) is 14.0 Å². The van der Waals surface area contributed by atoms with Crippen molar-refractivity contribution in [2.24, 2.45) is 5.92 Å². The molecule has 0 N–H and O–H groups in total. The van der Waals surface area contributed by atoms with Crippen molar-refractivity contribution in [2.45, 2.75) is 26.3 Å². The van der Waals surface area contributed by atoms with E-state index in [-0.39, 0.29) is 29.3 Å². The van der Waals surface area contributed by atoms with E-state index in [2.05, 4.69) is 11.9 Å². The Kier molecular flexibility index (Phi) is 4.74. The van der Waals surface area contributed by atoms with E-state index in [1.807, 2.05) is 0 Å². The van der Waals surface area contributed by atoms with Gasteiger partial charge in [-0.25, -0.2) is 9.37 Å². The van der Waals surface area contributed by atoms with E-state index < -0.39 is 5.82 Å². The zero-order valence-electron chi connectivity index (χ0n) is 13.6. The van der Waals surface area contributed by atoms with Crippen molar-refractivity contribution in [2.75, 3.05) is 13.1 Å². The Balaban J connectivity index is 1.75. The first-order valence-electron chi connectivity index (χ1n) is 8.14. The number of carbonyl (C=O) groups excluding carboxylic acids is 1. The number of halogens is 1. The number of rotatable bonds is 3.